The van der Waals surface area contributed by atoms with Crippen LogP contribution in [-0.4, -0.2) is 39.0 Å². The summed E-state index contributed by atoms with van der Waals surface area (Å²) in [7, 11) is 0. The normalized spacial score (nSPS) is 14.2. The van der Waals surface area contributed by atoms with Gasteiger partial charge in [0.1, 0.15) is 0 Å². The average molecular weight is 394 g/mol. The van der Waals surface area contributed by atoms with Gasteiger partial charge in [-0.2, -0.15) is 0 Å². The molecule has 0 unspecified atom stereocenters. The molecule has 1 N–H and O–H groups in total. The number of hydrogen-bond donors (Lipinski definition) is 1. The Bertz CT molecular complexity index is 755. The van der Waals surface area contributed by atoms with Gasteiger partial charge in [0, 0.05) is 37.6 Å². The van der Waals surface area contributed by atoms with Gasteiger partial charge in [-0.1, -0.05) is 36.2 Å². The number of aliphatic hydroxyl groups excluding tert-OH is 1. The Morgan fingerprint density at radius 2 is 1.96 bits per heavy atom. The molecule has 0 saturated carbocycles. The van der Waals surface area contributed by atoms with Crippen molar-refractivity contribution in [3.8, 4) is 0 Å². The summed E-state index contributed by atoms with van der Waals surface area (Å²) in [6.45, 7) is 3.80. The van der Waals surface area contributed by atoms with E-state index in [1.807, 2.05) is 25.1 Å². The fourth-order valence-corrected chi connectivity index (χ4v) is 3.52. The maximum Gasteiger partial charge on any atom is 0.320 e. The number of carbonyl (C=O) groups excluding carboxylic acids is 1. The summed E-state index contributed by atoms with van der Waals surface area (Å²) in [4.78, 5) is 20.5. The Kier molecular flexibility index (Phi) is 6.01. The van der Waals surface area contributed by atoms with Crippen LogP contribution < -0.4 is 0 Å². The quantitative estimate of drug-likeness (QED) is 0.824. The third-order valence-corrected chi connectivity index (χ3v) is 5.18. The van der Waals surface area contributed by atoms with Crippen LogP contribution in [0.3, 0.4) is 0 Å². The van der Waals surface area contributed by atoms with E-state index >= 15 is 0 Å². The van der Waals surface area contributed by atoms with E-state index in [9.17, 15) is 9.90 Å². The zero-order valence-electron chi connectivity index (χ0n) is 14.5. The summed E-state index contributed by atoms with van der Waals surface area (Å²) in [5, 5.41) is 11.5. The van der Waals surface area contributed by atoms with Crippen LogP contribution in [0.4, 0.5) is 4.79 Å². The first-order valence-corrected chi connectivity index (χ1v) is 9.33. The zero-order valence-corrected chi connectivity index (χ0v) is 16.0. The van der Waals surface area contributed by atoms with Crippen LogP contribution in [0.25, 0.3) is 0 Å². The fraction of sp³-hybridized carbons (Fsp3) is 0.368. The molecule has 1 atom stereocenters. The molecule has 2 aromatic rings. The Labute approximate surface area is 163 Å². The molecule has 1 aromatic heterocycles. The third kappa shape index (κ3) is 4.11. The predicted molar refractivity (Wildman–Crippen MR) is 102 cm³/mol. The average Bonchev–Trinajstić information content (AvgIpc) is 3.04. The summed E-state index contributed by atoms with van der Waals surface area (Å²) in [6.07, 6.45) is 3.31. The molecule has 2 heterocycles. The molecule has 2 amide bonds. The SMILES string of the molecule is CCCN(C[C@@H](O)c1cccnc1)C(=O)N1Cc2cc(Cl)c(Cl)cc2C1. The van der Waals surface area contributed by atoms with Crippen LogP contribution >= 0.6 is 23.2 Å². The standard InChI is InChI=1S/C19H21Cl2N3O2/c1-2-6-23(12-18(25)13-4-3-5-22-9-13)19(26)24-10-14-7-16(20)17(21)8-15(14)11-24/h3-5,7-9,18,25H,2,6,10-12H2,1H3/t18-/m1/s1. The van der Waals surface area contributed by atoms with Crippen LogP contribution in [0.1, 0.15) is 36.1 Å². The number of pyridine rings is 1. The molecule has 0 saturated heterocycles. The number of carbonyl (C=O) groups is 1. The van der Waals surface area contributed by atoms with Gasteiger partial charge in [0.2, 0.25) is 0 Å². The third-order valence-electron chi connectivity index (χ3n) is 4.46. The van der Waals surface area contributed by atoms with Gasteiger partial charge in [0.05, 0.1) is 22.7 Å². The maximum atomic E-state index is 13.0. The van der Waals surface area contributed by atoms with Gasteiger partial charge in [-0.15, -0.1) is 0 Å². The van der Waals surface area contributed by atoms with Crippen LogP contribution in [-0.2, 0) is 13.1 Å². The maximum absolute atomic E-state index is 13.0. The Morgan fingerprint density at radius 3 is 2.50 bits per heavy atom. The molecule has 0 radical (unpaired) electrons. The van der Waals surface area contributed by atoms with Crippen molar-refractivity contribution in [3.05, 3.63) is 63.4 Å². The Hall–Kier alpha value is -1.82. The predicted octanol–water partition coefficient (Wildman–Crippen LogP) is 4.27. The number of nitrogens with zero attached hydrogens (tertiary/aromatic N) is 3. The van der Waals surface area contributed by atoms with Gasteiger partial charge < -0.3 is 14.9 Å². The van der Waals surface area contributed by atoms with Gasteiger partial charge in [0.15, 0.2) is 0 Å². The highest BCUT2D eigenvalue weighted by molar-refractivity contribution is 6.42. The van der Waals surface area contributed by atoms with E-state index in [0.29, 0.717) is 35.2 Å². The first-order valence-electron chi connectivity index (χ1n) is 8.58. The minimum atomic E-state index is -0.770. The smallest absolute Gasteiger partial charge is 0.320 e. The van der Waals surface area contributed by atoms with Crippen molar-refractivity contribution in [3.63, 3.8) is 0 Å². The molecule has 0 fully saturated rings. The lowest BCUT2D eigenvalue weighted by atomic mass is 10.1. The van der Waals surface area contributed by atoms with Gasteiger partial charge >= 0.3 is 6.03 Å². The monoisotopic (exact) mass is 393 g/mol. The fourth-order valence-electron chi connectivity index (χ4n) is 3.15. The molecular formula is C19H21Cl2N3O2. The molecule has 5 nitrogen and oxygen atoms in total. The highest BCUT2D eigenvalue weighted by atomic mass is 35.5. The highest BCUT2D eigenvalue weighted by Crippen LogP contribution is 2.32. The molecule has 26 heavy (non-hydrogen) atoms. The van der Waals surface area contributed by atoms with Crippen molar-refractivity contribution in [2.75, 3.05) is 13.1 Å². The number of urea groups is 1. The van der Waals surface area contributed by atoms with Gasteiger partial charge in [0.25, 0.3) is 0 Å². The lowest BCUT2D eigenvalue weighted by molar-refractivity contribution is 0.102. The van der Waals surface area contributed by atoms with E-state index in [-0.39, 0.29) is 12.6 Å². The summed E-state index contributed by atoms with van der Waals surface area (Å²) < 4.78 is 0. The second-order valence-corrected chi connectivity index (χ2v) is 7.24. The number of rotatable bonds is 5. The van der Waals surface area contributed by atoms with Crippen molar-refractivity contribution in [1.29, 1.82) is 0 Å². The van der Waals surface area contributed by atoms with Crippen LogP contribution in [0.15, 0.2) is 36.7 Å². The van der Waals surface area contributed by atoms with Crippen molar-refractivity contribution in [2.24, 2.45) is 0 Å². The molecule has 1 aliphatic heterocycles. The number of halogens is 2. The van der Waals surface area contributed by atoms with Crippen molar-refractivity contribution < 1.29 is 9.90 Å². The van der Waals surface area contributed by atoms with Crippen LogP contribution in [0, 0.1) is 0 Å². The number of amides is 2. The van der Waals surface area contributed by atoms with E-state index in [2.05, 4.69) is 4.98 Å². The minimum absolute atomic E-state index is 0.0989. The largest absolute Gasteiger partial charge is 0.386 e. The second kappa shape index (κ2) is 8.25. The van der Waals surface area contributed by atoms with Gasteiger partial charge in [-0.25, -0.2) is 4.79 Å². The lowest BCUT2D eigenvalue weighted by Gasteiger charge is -2.29. The van der Waals surface area contributed by atoms with Crippen molar-refractivity contribution in [2.45, 2.75) is 32.5 Å². The van der Waals surface area contributed by atoms with Gasteiger partial charge in [-0.05, 0) is 35.7 Å². The molecule has 1 aliphatic rings. The Balaban J connectivity index is 1.71. The van der Waals surface area contributed by atoms with E-state index < -0.39 is 6.10 Å². The lowest BCUT2D eigenvalue weighted by Crippen LogP contribution is -2.43. The molecule has 0 bridgehead atoms. The number of fused-ring (bicyclic) bond motifs is 1. The molecule has 0 aliphatic carbocycles. The summed E-state index contributed by atoms with van der Waals surface area (Å²) >= 11 is 12.2. The summed E-state index contributed by atoms with van der Waals surface area (Å²) in [5.74, 6) is 0. The number of aliphatic hydroxyl groups is 1. The molecule has 1 aromatic carbocycles. The van der Waals surface area contributed by atoms with Crippen molar-refractivity contribution in [1.82, 2.24) is 14.8 Å². The van der Waals surface area contributed by atoms with Crippen LogP contribution in [0.5, 0.6) is 0 Å². The number of benzene rings is 1. The topological polar surface area (TPSA) is 56.7 Å². The summed E-state index contributed by atoms with van der Waals surface area (Å²) in [5.41, 5.74) is 2.72. The molecule has 138 valence electrons. The Morgan fingerprint density at radius 1 is 1.31 bits per heavy atom. The molecule has 7 heteroatoms. The van der Waals surface area contributed by atoms with E-state index in [1.165, 1.54) is 0 Å². The van der Waals surface area contributed by atoms with E-state index in [4.69, 9.17) is 23.2 Å². The summed E-state index contributed by atoms with van der Waals surface area (Å²) in [6, 6.07) is 7.12. The highest BCUT2D eigenvalue weighted by Gasteiger charge is 2.29. The second-order valence-electron chi connectivity index (χ2n) is 6.42. The zero-order chi connectivity index (χ0) is 18.7. The van der Waals surface area contributed by atoms with E-state index in [1.54, 1.807) is 28.3 Å². The number of aromatic nitrogens is 1. The minimum Gasteiger partial charge on any atom is -0.386 e. The number of hydrogen-bond acceptors (Lipinski definition) is 3. The molecular weight excluding hydrogens is 373 g/mol. The molecule has 3 rings (SSSR count). The first kappa shape index (κ1) is 19.0. The van der Waals surface area contributed by atoms with E-state index in [0.717, 1.165) is 17.5 Å². The van der Waals surface area contributed by atoms with Gasteiger partial charge in [-0.3, -0.25) is 4.98 Å². The first-order chi connectivity index (χ1) is 12.5. The van der Waals surface area contributed by atoms with Crippen molar-refractivity contribution >= 4 is 29.2 Å². The molecule has 0 spiro atoms. The van der Waals surface area contributed by atoms with Crippen LogP contribution in [0.2, 0.25) is 10.0 Å².